The summed E-state index contributed by atoms with van der Waals surface area (Å²) in [6.07, 6.45) is 48.5. The number of hydrogen-bond donors (Lipinski definition) is 3. The van der Waals surface area contributed by atoms with Crippen LogP contribution in [-0.4, -0.2) is 46.9 Å². The molecular formula is C47H83NO5. The zero-order chi connectivity index (χ0) is 38.9. The van der Waals surface area contributed by atoms with Crippen LogP contribution < -0.4 is 5.32 Å². The topological polar surface area (TPSA) is 95.9 Å². The van der Waals surface area contributed by atoms with Crippen molar-refractivity contribution in [3.63, 3.8) is 0 Å². The van der Waals surface area contributed by atoms with E-state index in [0.717, 1.165) is 70.6 Å². The van der Waals surface area contributed by atoms with Crippen LogP contribution in [0.2, 0.25) is 0 Å². The molecule has 0 aromatic heterocycles. The summed E-state index contributed by atoms with van der Waals surface area (Å²) in [7, 11) is 0. The lowest BCUT2D eigenvalue weighted by atomic mass is 10.0. The molecule has 0 heterocycles. The van der Waals surface area contributed by atoms with E-state index in [1.54, 1.807) is 0 Å². The normalized spacial score (nSPS) is 14.0. The maximum Gasteiger partial charge on any atom is 0.306 e. The number of ether oxygens (including phenoxy) is 1. The molecule has 0 aliphatic heterocycles. The Labute approximate surface area is 327 Å². The Morgan fingerprint density at radius 2 is 1.02 bits per heavy atom. The highest BCUT2D eigenvalue weighted by Gasteiger charge is 2.24. The van der Waals surface area contributed by atoms with Crippen molar-refractivity contribution >= 4 is 11.9 Å². The standard InChI is InChI=1S/C47H83NO5/c1-4-7-10-13-16-19-21-22-23-24-25-28-31-34-37-40-47(52)53-43(38-35-32-29-27-20-17-14-11-8-5-2)41-46(51)48-44(42-49)45(50)39-36-33-30-26-18-15-12-9-6-3/h7,10,13,16,19,21-25,43-45,49-50H,4-6,8-9,11-12,14-15,17-18,20,26-42H2,1-3H3,(H,48,51)/b10-7+,16-13+,21-19-,23-22-,25-24+. The van der Waals surface area contributed by atoms with E-state index in [0.29, 0.717) is 19.3 Å². The first-order valence-electron chi connectivity index (χ1n) is 22.1. The molecule has 6 nitrogen and oxygen atoms in total. The summed E-state index contributed by atoms with van der Waals surface area (Å²) in [6.45, 7) is 6.28. The molecule has 3 atom stereocenters. The largest absolute Gasteiger partial charge is 0.462 e. The Hall–Kier alpha value is -2.44. The van der Waals surface area contributed by atoms with E-state index in [1.165, 1.54) is 83.5 Å². The van der Waals surface area contributed by atoms with Crippen LogP contribution in [-0.2, 0) is 14.3 Å². The van der Waals surface area contributed by atoms with Gasteiger partial charge in [-0.05, 0) is 44.9 Å². The summed E-state index contributed by atoms with van der Waals surface area (Å²) in [5.74, 6) is -0.527. The van der Waals surface area contributed by atoms with Crippen LogP contribution in [0.4, 0.5) is 0 Å². The van der Waals surface area contributed by atoms with Gasteiger partial charge >= 0.3 is 5.97 Å². The van der Waals surface area contributed by atoms with Crippen LogP contribution in [0.15, 0.2) is 60.8 Å². The van der Waals surface area contributed by atoms with Gasteiger partial charge < -0.3 is 20.3 Å². The van der Waals surface area contributed by atoms with Crippen molar-refractivity contribution in [3.05, 3.63) is 60.8 Å². The van der Waals surface area contributed by atoms with Crippen LogP contribution in [0.1, 0.15) is 201 Å². The molecular weight excluding hydrogens is 659 g/mol. The fourth-order valence-electron chi connectivity index (χ4n) is 6.39. The Morgan fingerprint density at radius 3 is 1.53 bits per heavy atom. The molecule has 0 aliphatic rings. The summed E-state index contributed by atoms with van der Waals surface area (Å²) in [5.41, 5.74) is 0. The number of rotatable bonds is 38. The van der Waals surface area contributed by atoms with Crippen molar-refractivity contribution in [2.45, 2.75) is 219 Å². The number of hydrogen-bond acceptors (Lipinski definition) is 5. The van der Waals surface area contributed by atoms with E-state index in [4.69, 9.17) is 4.74 Å². The second-order valence-electron chi connectivity index (χ2n) is 14.8. The molecule has 306 valence electrons. The Balaban J connectivity index is 4.66. The van der Waals surface area contributed by atoms with Crippen molar-refractivity contribution in [2.24, 2.45) is 0 Å². The monoisotopic (exact) mass is 742 g/mol. The number of amides is 1. The first-order chi connectivity index (χ1) is 26.0. The van der Waals surface area contributed by atoms with Gasteiger partial charge in [-0.25, -0.2) is 0 Å². The van der Waals surface area contributed by atoms with Gasteiger partial charge in [-0.2, -0.15) is 0 Å². The van der Waals surface area contributed by atoms with E-state index in [1.807, 2.05) is 42.5 Å². The van der Waals surface area contributed by atoms with Gasteiger partial charge in [0.15, 0.2) is 0 Å². The second-order valence-corrected chi connectivity index (χ2v) is 14.8. The van der Waals surface area contributed by atoms with Crippen LogP contribution in [0.5, 0.6) is 0 Å². The van der Waals surface area contributed by atoms with Crippen LogP contribution in [0.3, 0.4) is 0 Å². The number of unbranched alkanes of at least 4 members (excludes halogenated alkanes) is 20. The van der Waals surface area contributed by atoms with Gasteiger partial charge in [0, 0.05) is 6.42 Å². The van der Waals surface area contributed by atoms with E-state index in [-0.39, 0.29) is 24.9 Å². The van der Waals surface area contributed by atoms with Gasteiger partial charge in [0.1, 0.15) is 6.10 Å². The van der Waals surface area contributed by atoms with E-state index >= 15 is 0 Å². The maximum atomic E-state index is 13.1. The molecule has 0 aromatic carbocycles. The Morgan fingerprint density at radius 1 is 0.566 bits per heavy atom. The van der Waals surface area contributed by atoms with Gasteiger partial charge in [-0.1, -0.05) is 204 Å². The van der Waals surface area contributed by atoms with Gasteiger partial charge in [-0.15, -0.1) is 0 Å². The van der Waals surface area contributed by atoms with Gasteiger partial charge in [0.05, 0.1) is 25.2 Å². The first kappa shape index (κ1) is 50.6. The second kappa shape index (κ2) is 40.7. The molecule has 0 aliphatic carbocycles. The van der Waals surface area contributed by atoms with Gasteiger partial charge in [0.25, 0.3) is 0 Å². The maximum absolute atomic E-state index is 13.1. The summed E-state index contributed by atoms with van der Waals surface area (Å²) in [6, 6.07) is -0.707. The van der Waals surface area contributed by atoms with E-state index in [9.17, 15) is 19.8 Å². The molecule has 0 spiro atoms. The first-order valence-corrected chi connectivity index (χ1v) is 22.1. The lowest BCUT2D eigenvalue weighted by molar-refractivity contribution is -0.151. The molecule has 0 saturated heterocycles. The average molecular weight is 742 g/mol. The third-order valence-electron chi connectivity index (χ3n) is 9.74. The average Bonchev–Trinajstić information content (AvgIpc) is 3.15. The molecule has 1 amide bonds. The molecule has 0 radical (unpaired) electrons. The van der Waals surface area contributed by atoms with Gasteiger partial charge in [-0.3, -0.25) is 9.59 Å². The third-order valence-corrected chi connectivity index (χ3v) is 9.74. The highest BCUT2D eigenvalue weighted by atomic mass is 16.5. The number of esters is 1. The van der Waals surface area contributed by atoms with Crippen molar-refractivity contribution < 1.29 is 24.5 Å². The fourth-order valence-corrected chi connectivity index (χ4v) is 6.39. The minimum Gasteiger partial charge on any atom is -0.462 e. The third kappa shape index (κ3) is 36.3. The summed E-state index contributed by atoms with van der Waals surface area (Å²) < 4.78 is 5.87. The SMILES string of the molecule is CC/C=C/C=C/C=C\C=C/C=C/CCCCCC(=O)OC(CCCCCCCCCCCC)CC(=O)NC(CO)C(O)CCCCCCCCCCC. The molecule has 3 N–H and O–H groups in total. The molecule has 3 unspecified atom stereocenters. The van der Waals surface area contributed by atoms with Gasteiger partial charge in [0.2, 0.25) is 5.91 Å². The zero-order valence-corrected chi connectivity index (χ0v) is 34.6. The number of allylic oxidation sites excluding steroid dienone is 10. The number of aliphatic hydroxyl groups excluding tert-OH is 2. The van der Waals surface area contributed by atoms with Crippen LogP contribution >= 0.6 is 0 Å². The predicted molar refractivity (Wildman–Crippen MR) is 227 cm³/mol. The molecule has 0 bridgehead atoms. The quantitative estimate of drug-likeness (QED) is 0.0333. The van der Waals surface area contributed by atoms with Crippen molar-refractivity contribution in [1.82, 2.24) is 5.32 Å². The molecule has 6 heteroatoms. The lowest BCUT2D eigenvalue weighted by Crippen LogP contribution is -2.46. The molecule has 0 aromatic rings. The molecule has 0 rings (SSSR count). The highest BCUT2D eigenvalue weighted by molar-refractivity contribution is 5.77. The predicted octanol–water partition coefficient (Wildman–Crippen LogP) is 12.5. The lowest BCUT2D eigenvalue weighted by Gasteiger charge is -2.24. The van der Waals surface area contributed by atoms with Crippen molar-refractivity contribution in [1.29, 1.82) is 0 Å². The van der Waals surface area contributed by atoms with Crippen molar-refractivity contribution in [2.75, 3.05) is 6.61 Å². The van der Waals surface area contributed by atoms with Crippen molar-refractivity contribution in [3.8, 4) is 0 Å². The number of nitrogens with one attached hydrogen (secondary N) is 1. The van der Waals surface area contributed by atoms with E-state index < -0.39 is 18.2 Å². The fraction of sp³-hybridized carbons (Fsp3) is 0.745. The summed E-state index contributed by atoms with van der Waals surface area (Å²) in [5, 5.41) is 23.5. The Bertz CT molecular complexity index is 968. The molecule has 0 saturated carbocycles. The number of aliphatic hydroxyl groups is 2. The van der Waals surface area contributed by atoms with E-state index in [2.05, 4.69) is 44.3 Å². The molecule has 0 fully saturated rings. The summed E-state index contributed by atoms with van der Waals surface area (Å²) >= 11 is 0. The van der Waals surface area contributed by atoms with Crippen LogP contribution in [0, 0.1) is 0 Å². The van der Waals surface area contributed by atoms with Crippen LogP contribution in [0.25, 0.3) is 0 Å². The Kier molecular flexibility index (Phi) is 38.9. The zero-order valence-electron chi connectivity index (χ0n) is 34.6. The minimum atomic E-state index is -0.792. The minimum absolute atomic E-state index is 0.0596. The number of carbonyl (C=O) groups excluding carboxylic acids is 2. The highest BCUT2D eigenvalue weighted by Crippen LogP contribution is 2.17. The smallest absolute Gasteiger partial charge is 0.306 e. The number of carbonyl (C=O) groups is 2. The summed E-state index contributed by atoms with van der Waals surface area (Å²) in [4.78, 5) is 25.9. The molecule has 53 heavy (non-hydrogen) atoms.